The molecule has 1 unspecified atom stereocenters. The number of aryl methyl sites for hydroxylation is 2. The summed E-state index contributed by atoms with van der Waals surface area (Å²) in [6.07, 6.45) is 6.14. The Kier molecular flexibility index (Phi) is 7.53. The van der Waals surface area contributed by atoms with Gasteiger partial charge in [0.1, 0.15) is 0 Å². The van der Waals surface area contributed by atoms with E-state index in [0.29, 0.717) is 18.2 Å². The summed E-state index contributed by atoms with van der Waals surface area (Å²) >= 11 is 2.00. The molecule has 2 heterocycles. The van der Waals surface area contributed by atoms with Gasteiger partial charge in [0.25, 0.3) is 0 Å². The number of nitrogens with zero attached hydrogens (tertiary/aromatic N) is 2. The van der Waals surface area contributed by atoms with Gasteiger partial charge in [-0.3, -0.25) is 4.90 Å². The first-order valence-electron chi connectivity index (χ1n) is 11.4. The molecule has 5 rings (SSSR count). The van der Waals surface area contributed by atoms with Gasteiger partial charge in [0.15, 0.2) is 0 Å². The molecule has 2 N–H and O–H groups in total. The van der Waals surface area contributed by atoms with Gasteiger partial charge in [-0.2, -0.15) is 0 Å². The van der Waals surface area contributed by atoms with Crippen LogP contribution in [0.4, 0.5) is 0 Å². The number of hydrogen-bond acceptors (Lipinski definition) is 5. The zero-order valence-electron chi connectivity index (χ0n) is 18.9. The Labute approximate surface area is 198 Å². The largest absolute Gasteiger partial charge is 0.478 e. The topological polar surface area (TPSA) is 81.1 Å². The van der Waals surface area contributed by atoms with Gasteiger partial charge < -0.3 is 15.1 Å². The number of aliphatic carboxylic acids is 2. The molecule has 2 aliphatic heterocycles. The molecule has 33 heavy (non-hydrogen) atoms. The average molecular weight is 467 g/mol. The molecule has 0 aromatic heterocycles. The lowest BCUT2D eigenvalue weighted by atomic mass is 9.94. The monoisotopic (exact) mass is 466 g/mol. The van der Waals surface area contributed by atoms with E-state index < -0.39 is 11.9 Å². The highest BCUT2D eigenvalue weighted by Gasteiger charge is 2.30. The fraction of sp³-hybridized carbons (Fsp3) is 0.385. The molecule has 3 aliphatic rings. The number of carbonyl (C=O) groups is 2. The van der Waals surface area contributed by atoms with Crippen LogP contribution in [0.3, 0.4) is 0 Å². The number of fused-ring (bicyclic) bond motifs is 3. The van der Waals surface area contributed by atoms with E-state index in [2.05, 4.69) is 53.2 Å². The van der Waals surface area contributed by atoms with Crippen LogP contribution in [0, 0.1) is 0 Å². The van der Waals surface area contributed by atoms with Crippen molar-refractivity contribution < 1.29 is 19.8 Å². The zero-order chi connectivity index (χ0) is 23.4. The molecule has 7 heteroatoms. The van der Waals surface area contributed by atoms with E-state index in [4.69, 9.17) is 10.2 Å². The maximum atomic E-state index is 9.55. The molecule has 0 saturated carbocycles. The molecule has 1 fully saturated rings. The van der Waals surface area contributed by atoms with Gasteiger partial charge in [0.2, 0.25) is 0 Å². The standard InChI is InChI=1S/C22H26N2S.C4H4O4/c1-23-9-11-24(12-10-23)20-14-18-5-2-3-8-21(18)25-22-15-17-7-4-6-16(17)13-19(20)22;5-3(6)1-2-4(7)8/h2-3,5,8,13,15,20H,4,6-7,9-12,14H2,1H3;1-2H,(H,5,6)(H,7,8)/b;2-1-. The smallest absolute Gasteiger partial charge is 0.328 e. The summed E-state index contributed by atoms with van der Waals surface area (Å²) in [5.41, 5.74) is 6.33. The molecule has 1 aliphatic carbocycles. The van der Waals surface area contributed by atoms with Gasteiger partial charge in [0, 0.05) is 54.2 Å². The van der Waals surface area contributed by atoms with Crippen LogP contribution in [-0.4, -0.2) is 65.2 Å². The van der Waals surface area contributed by atoms with Crippen LogP contribution < -0.4 is 0 Å². The molecule has 2 aromatic carbocycles. The highest BCUT2D eigenvalue weighted by molar-refractivity contribution is 7.99. The maximum absolute atomic E-state index is 9.55. The van der Waals surface area contributed by atoms with Crippen LogP contribution in [0.2, 0.25) is 0 Å². The Bertz CT molecular complexity index is 1040. The Morgan fingerprint density at radius 2 is 1.55 bits per heavy atom. The summed E-state index contributed by atoms with van der Waals surface area (Å²) in [4.78, 5) is 27.3. The summed E-state index contributed by atoms with van der Waals surface area (Å²) in [5, 5.41) is 15.6. The van der Waals surface area contributed by atoms with Crippen molar-refractivity contribution in [3.05, 3.63) is 70.8 Å². The molecule has 0 spiro atoms. The summed E-state index contributed by atoms with van der Waals surface area (Å²) in [6, 6.07) is 14.7. The Morgan fingerprint density at radius 3 is 2.21 bits per heavy atom. The second-order valence-electron chi connectivity index (χ2n) is 8.79. The zero-order valence-corrected chi connectivity index (χ0v) is 19.7. The second-order valence-corrected chi connectivity index (χ2v) is 9.87. The van der Waals surface area contributed by atoms with Crippen molar-refractivity contribution in [2.75, 3.05) is 33.2 Å². The third-order valence-electron chi connectivity index (χ3n) is 6.54. The van der Waals surface area contributed by atoms with Crippen LogP contribution in [0.15, 0.2) is 58.3 Å². The summed E-state index contributed by atoms with van der Waals surface area (Å²) in [6.45, 7) is 4.74. The minimum atomic E-state index is -1.26. The lowest BCUT2D eigenvalue weighted by Gasteiger charge is -2.38. The molecular weight excluding hydrogens is 436 g/mol. The Balaban J connectivity index is 0.000000281. The van der Waals surface area contributed by atoms with E-state index in [1.165, 1.54) is 60.8 Å². The minimum Gasteiger partial charge on any atom is -0.478 e. The van der Waals surface area contributed by atoms with Crippen LogP contribution >= 0.6 is 11.8 Å². The van der Waals surface area contributed by atoms with Crippen molar-refractivity contribution >= 4 is 23.7 Å². The van der Waals surface area contributed by atoms with Crippen molar-refractivity contribution in [2.24, 2.45) is 0 Å². The molecule has 2 aromatic rings. The van der Waals surface area contributed by atoms with Gasteiger partial charge in [-0.15, -0.1) is 0 Å². The molecular formula is C26H30N2O4S. The second kappa shape index (κ2) is 10.5. The van der Waals surface area contributed by atoms with Crippen LogP contribution in [0.1, 0.15) is 34.7 Å². The van der Waals surface area contributed by atoms with Crippen molar-refractivity contribution in [2.45, 2.75) is 41.5 Å². The van der Waals surface area contributed by atoms with E-state index in [9.17, 15) is 9.59 Å². The van der Waals surface area contributed by atoms with Crippen molar-refractivity contribution in [3.63, 3.8) is 0 Å². The lowest BCUT2D eigenvalue weighted by Crippen LogP contribution is -2.46. The number of carboxylic acid groups (broad SMARTS) is 2. The number of rotatable bonds is 3. The fourth-order valence-electron chi connectivity index (χ4n) is 4.78. The summed E-state index contributed by atoms with van der Waals surface area (Å²) in [7, 11) is 2.25. The first-order chi connectivity index (χ1) is 15.9. The molecule has 0 bridgehead atoms. The maximum Gasteiger partial charge on any atom is 0.328 e. The number of carboxylic acids is 2. The molecule has 1 atom stereocenters. The van der Waals surface area contributed by atoms with E-state index in [0.717, 1.165) is 6.42 Å². The Hall–Kier alpha value is -2.61. The molecule has 174 valence electrons. The minimum absolute atomic E-state index is 0.533. The average Bonchev–Trinajstić information content (AvgIpc) is 3.18. The van der Waals surface area contributed by atoms with Gasteiger partial charge in [-0.05, 0) is 67.1 Å². The van der Waals surface area contributed by atoms with Crippen LogP contribution in [0.5, 0.6) is 0 Å². The fourth-order valence-corrected chi connectivity index (χ4v) is 5.96. The van der Waals surface area contributed by atoms with Crippen LogP contribution in [-0.2, 0) is 28.9 Å². The first kappa shape index (κ1) is 23.5. The van der Waals surface area contributed by atoms with E-state index in [1.807, 2.05) is 11.8 Å². The van der Waals surface area contributed by atoms with Gasteiger partial charge >= 0.3 is 11.9 Å². The highest BCUT2D eigenvalue weighted by Crippen LogP contribution is 2.45. The predicted molar refractivity (Wildman–Crippen MR) is 129 cm³/mol. The lowest BCUT2D eigenvalue weighted by molar-refractivity contribution is -0.134. The molecule has 1 saturated heterocycles. The van der Waals surface area contributed by atoms with Gasteiger partial charge in [0.05, 0.1) is 0 Å². The molecule has 0 amide bonds. The van der Waals surface area contributed by atoms with E-state index in [1.54, 1.807) is 16.7 Å². The summed E-state index contributed by atoms with van der Waals surface area (Å²) in [5.74, 6) is -2.51. The number of hydrogen-bond donors (Lipinski definition) is 2. The van der Waals surface area contributed by atoms with Crippen LogP contribution in [0.25, 0.3) is 0 Å². The number of benzene rings is 2. The van der Waals surface area contributed by atoms with Gasteiger partial charge in [-0.25, -0.2) is 9.59 Å². The third-order valence-corrected chi connectivity index (χ3v) is 7.73. The predicted octanol–water partition coefficient (Wildman–Crippen LogP) is 3.88. The molecule has 6 nitrogen and oxygen atoms in total. The quantitative estimate of drug-likeness (QED) is 0.665. The van der Waals surface area contributed by atoms with Crippen molar-refractivity contribution in [3.8, 4) is 0 Å². The Morgan fingerprint density at radius 1 is 0.909 bits per heavy atom. The number of piperazine rings is 1. The molecule has 0 radical (unpaired) electrons. The van der Waals surface area contributed by atoms with Crippen molar-refractivity contribution in [1.82, 2.24) is 9.80 Å². The highest BCUT2D eigenvalue weighted by atomic mass is 32.2. The van der Waals surface area contributed by atoms with Crippen molar-refractivity contribution in [1.29, 1.82) is 0 Å². The summed E-state index contributed by atoms with van der Waals surface area (Å²) < 4.78 is 0. The van der Waals surface area contributed by atoms with E-state index in [-0.39, 0.29) is 0 Å². The van der Waals surface area contributed by atoms with E-state index >= 15 is 0 Å². The first-order valence-corrected chi connectivity index (χ1v) is 12.2. The SMILES string of the molecule is CN1CCN(C2Cc3ccccc3Sc3cc4c(cc32)CCC4)CC1.O=C(O)/C=C\C(=O)O. The number of likely N-dealkylation sites (N-methyl/N-ethyl adjacent to an activating group) is 1. The third kappa shape index (κ3) is 5.85. The normalized spacial score (nSPS) is 20.2. The van der Waals surface area contributed by atoms with Gasteiger partial charge in [-0.1, -0.05) is 36.0 Å².